The summed E-state index contributed by atoms with van der Waals surface area (Å²) >= 11 is 0. The number of anilines is 3. The second kappa shape index (κ2) is 8.26. The molecule has 0 spiro atoms. The van der Waals surface area contributed by atoms with Gasteiger partial charge in [0, 0.05) is 44.5 Å². The van der Waals surface area contributed by atoms with Crippen molar-refractivity contribution in [1.29, 1.82) is 0 Å². The van der Waals surface area contributed by atoms with Crippen LogP contribution in [0.5, 0.6) is 0 Å². The van der Waals surface area contributed by atoms with Crippen molar-refractivity contribution in [2.24, 2.45) is 0 Å². The molecule has 4 aromatic rings. The minimum absolute atomic E-state index is 0.119. The Morgan fingerprint density at radius 3 is 2.50 bits per heavy atom. The van der Waals surface area contributed by atoms with Gasteiger partial charge in [0.1, 0.15) is 16.9 Å². The second-order valence-corrected chi connectivity index (χ2v) is 7.67. The lowest BCUT2D eigenvalue weighted by Crippen LogP contribution is -2.48. The average molecular weight is 431 g/mol. The Balaban J connectivity index is 1.38. The maximum absolute atomic E-state index is 14.3. The Morgan fingerprint density at radius 1 is 1.03 bits per heavy atom. The molecule has 0 bridgehead atoms. The quantitative estimate of drug-likeness (QED) is 0.514. The fourth-order valence-electron chi connectivity index (χ4n) is 3.87. The molecule has 2 N–H and O–H groups in total. The molecule has 9 heteroatoms. The number of halogens is 1. The van der Waals surface area contributed by atoms with Crippen molar-refractivity contribution >= 4 is 34.1 Å². The molecule has 2 aromatic carbocycles. The Bertz CT molecular complexity index is 1260. The predicted molar refractivity (Wildman–Crippen MR) is 121 cm³/mol. The van der Waals surface area contributed by atoms with Gasteiger partial charge in [0.15, 0.2) is 11.6 Å². The Labute approximate surface area is 184 Å². The molecule has 1 saturated heterocycles. The lowest BCUT2D eigenvalue weighted by Gasteiger charge is -2.35. The molecule has 2 aromatic heterocycles. The van der Waals surface area contributed by atoms with Crippen LogP contribution in [0.1, 0.15) is 6.92 Å². The summed E-state index contributed by atoms with van der Waals surface area (Å²) in [6, 6.07) is 14.4. The van der Waals surface area contributed by atoms with Crippen molar-refractivity contribution in [3.63, 3.8) is 0 Å². The van der Waals surface area contributed by atoms with Gasteiger partial charge in [-0.2, -0.15) is 5.10 Å². The highest BCUT2D eigenvalue weighted by Gasteiger charge is 2.19. The topological polar surface area (TPSA) is 90.0 Å². The number of aromatic nitrogens is 4. The van der Waals surface area contributed by atoms with Crippen LogP contribution < -0.4 is 10.2 Å². The number of fused-ring (bicyclic) bond motifs is 1. The lowest BCUT2D eigenvalue weighted by atomic mass is 10.2. The zero-order valence-corrected chi connectivity index (χ0v) is 17.5. The summed E-state index contributed by atoms with van der Waals surface area (Å²) in [6.07, 6.45) is 1.59. The number of benzene rings is 2. The second-order valence-electron chi connectivity index (χ2n) is 7.67. The molecule has 162 valence electrons. The summed E-state index contributed by atoms with van der Waals surface area (Å²) in [7, 11) is 0. The van der Waals surface area contributed by atoms with Gasteiger partial charge in [-0.1, -0.05) is 12.1 Å². The molecule has 3 heterocycles. The van der Waals surface area contributed by atoms with Crippen LogP contribution in [-0.2, 0) is 4.79 Å². The summed E-state index contributed by atoms with van der Waals surface area (Å²) in [5.41, 5.74) is 3.51. The maximum Gasteiger partial charge on any atom is 0.219 e. The van der Waals surface area contributed by atoms with Crippen molar-refractivity contribution in [2.75, 3.05) is 36.4 Å². The molecule has 0 saturated carbocycles. The fourth-order valence-corrected chi connectivity index (χ4v) is 3.87. The first-order valence-corrected chi connectivity index (χ1v) is 10.4. The van der Waals surface area contributed by atoms with Gasteiger partial charge in [0.05, 0.1) is 11.8 Å². The van der Waals surface area contributed by atoms with Gasteiger partial charge in [-0.3, -0.25) is 9.89 Å². The van der Waals surface area contributed by atoms with E-state index in [9.17, 15) is 9.18 Å². The highest BCUT2D eigenvalue weighted by molar-refractivity contribution is 5.88. The monoisotopic (exact) mass is 431 g/mol. The lowest BCUT2D eigenvalue weighted by molar-refractivity contribution is -0.129. The van der Waals surface area contributed by atoms with Crippen LogP contribution in [0.3, 0.4) is 0 Å². The molecule has 1 aliphatic rings. The van der Waals surface area contributed by atoms with Crippen LogP contribution in [0, 0.1) is 5.82 Å². The Kier molecular flexibility index (Phi) is 5.14. The van der Waals surface area contributed by atoms with Crippen LogP contribution in [0.2, 0.25) is 0 Å². The number of piperazine rings is 1. The maximum atomic E-state index is 14.3. The number of amides is 1. The number of rotatable bonds is 4. The molecule has 1 amide bonds. The highest BCUT2D eigenvalue weighted by atomic mass is 19.1. The van der Waals surface area contributed by atoms with E-state index in [2.05, 4.69) is 30.4 Å². The Hall–Kier alpha value is -4.01. The number of H-pyrrole nitrogens is 1. The standard InChI is InChI=1S/C23H22FN7O/c1-15(32)30-10-12-31(13-11-30)17-8-6-16(7-9-17)26-23-21-20(14-25-29-21)27-22(28-23)18-4-2-3-5-19(18)24/h2-9,14H,10-13H2,1H3,(H,25,29)(H,26,27,28). The van der Waals surface area contributed by atoms with Gasteiger partial charge in [-0.25, -0.2) is 14.4 Å². The van der Waals surface area contributed by atoms with Crippen LogP contribution >= 0.6 is 0 Å². The smallest absolute Gasteiger partial charge is 0.219 e. The molecule has 1 aliphatic heterocycles. The first-order valence-electron chi connectivity index (χ1n) is 10.4. The zero-order chi connectivity index (χ0) is 22.1. The zero-order valence-electron chi connectivity index (χ0n) is 17.5. The molecular formula is C23H22FN7O. The van der Waals surface area contributed by atoms with E-state index in [0.29, 0.717) is 28.2 Å². The normalized spacial score (nSPS) is 14.1. The SMILES string of the molecule is CC(=O)N1CCN(c2ccc(Nc3nc(-c4ccccc4F)nc4cn[nH]c34)cc2)CC1. The van der Waals surface area contributed by atoms with Crippen molar-refractivity contribution in [1.82, 2.24) is 25.1 Å². The molecular weight excluding hydrogens is 409 g/mol. The van der Waals surface area contributed by atoms with Gasteiger partial charge < -0.3 is 15.1 Å². The van der Waals surface area contributed by atoms with E-state index < -0.39 is 0 Å². The number of hydrogen-bond acceptors (Lipinski definition) is 6. The number of nitrogens with zero attached hydrogens (tertiary/aromatic N) is 5. The van der Waals surface area contributed by atoms with Crippen LogP contribution in [0.25, 0.3) is 22.4 Å². The average Bonchev–Trinajstić information content (AvgIpc) is 3.29. The fraction of sp³-hybridized carbons (Fsp3) is 0.217. The third kappa shape index (κ3) is 3.84. The highest BCUT2D eigenvalue weighted by Crippen LogP contribution is 2.28. The van der Waals surface area contributed by atoms with Gasteiger partial charge in [0.2, 0.25) is 5.91 Å². The van der Waals surface area contributed by atoms with E-state index in [-0.39, 0.29) is 11.7 Å². The van der Waals surface area contributed by atoms with Gasteiger partial charge in [0.25, 0.3) is 0 Å². The molecule has 0 aliphatic carbocycles. The molecule has 0 radical (unpaired) electrons. The van der Waals surface area contributed by atoms with Crippen LogP contribution in [0.15, 0.2) is 54.7 Å². The first kappa shape index (κ1) is 19.9. The molecule has 32 heavy (non-hydrogen) atoms. The number of carbonyl (C=O) groups excluding carboxylic acids is 1. The molecule has 5 rings (SSSR count). The number of hydrogen-bond donors (Lipinski definition) is 2. The van der Waals surface area contributed by atoms with E-state index in [1.54, 1.807) is 31.3 Å². The number of carbonyl (C=O) groups is 1. The summed E-state index contributed by atoms with van der Waals surface area (Å²) in [5.74, 6) is 0.553. The summed E-state index contributed by atoms with van der Waals surface area (Å²) < 4.78 is 14.3. The van der Waals surface area contributed by atoms with Crippen molar-refractivity contribution in [3.05, 3.63) is 60.5 Å². The summed E-state index contributed by atoms with van der Waals surface area (Å²) in [4.78, 5) is 24.7. The van der Waals surface area contributed by atoms with E-state index in [0.717, 1.165) is 37.6 Å². The molecule has 1 fully saturated rings. The predicted octanol–water partition coefficient (Wildman–Crippen LogP) is 3.57. The van der Waals surface area contributed by atoms with Crippen molar-refractivity contribution in [2.45, 2.75) is 6.92 Å². The van der Waals surface area contributed by atoms with E-state index in [1.807, 2.05) is 29.2 Å². The number of nitrogens with one attached hydrogen (secondary N) is 2. The summed E-state index contributed by atoms with van der Waals surface area (Å²) in [6.45, 7) is 4.68. The van der Waals surface area contributed by atoms with E-state index in [1.165, 1.54) is 6.07 Å². The van der Waals surface area contributed by atoms with Crippen molar-refractivity contribution in [3.8, 4) is 11.4 Å². The first-order chi connectivity index (χ1) is 15.6. The van der Waals surface area contributed by atoms with Gasteiger partial charge in [-0.05, 0) is 36.4 Å². The van der Waals surface area contributed by atoms with E-state index >= 15 is 0 Å². The van der Waals surface area contributed by atoms with Gasteiger partial charge >= 0.3 is 0 Å². The minimum atomic E-state index is -0.379. The minimum Gasteiger partial charge on any atom is -0.368 e. The molecule has 8 nitrogen and oxygen atoms in total. The third-order valence-corrected chi connectivity index (χ3v) is 5.64. The van der Waals surface area contributed by atoms with Crippen LogP contribution in [-0.4, -0.2) is 57.2 Å². The molecule has 0 atom stereocenters. The molecule has 0 unspecified atom stereocenters. The number of aromatic amines is 1. The Morgan fingerprint density at radius 2 is 1.78 bits per heavy atom. The van der Waals surface area contributed by atoms with E-state index in [4.69, 9.17) is 0 Å². The van der Waals surface area contributed by atoms with Gasteiger partial charge in [-0.15, -0.1) is 0 Å². The van der Waals surface area contributed by atoms with Crippen LogP contribution in [0.4, 0.5) is 21.6 Å². The largest absolute Gasteiger partial charge is 0.368 e. The third-order valence-electron chi connectivity index (χ3n) is 5.64. The van der Waals surface area contributed by atoms with Crippen molar-refractivity contribution < 1.29 is 9.18 Å². The summed E-state index contributed by atoms with van der Waals surface area (Å²) in [5, 5.41) is 10.3.